The third-order valence-electron chi connectivity index (χ3n) is 1.85. The van der Waals surface area contributed by atoms with E-state index in [0.717, 1.165) is 11.3 Å². The van der Waals surface area contributed by atoms with E-state index in [2.05, 4.69) is 9.97 Å². The molecule has 8 heteroatoms. The molecule has 0 aliphatic carbocycles. The maximum Gasteiger partial charge on any atom is 0.449 e. The minimum absolute atomic E-state index is 0.115. The number of rotatable bonds is 1. The highest BCUT2D eigenvalue weighted by atomic mass is 35.5. The number of hydrogen-bond acceptors (Lipinski definition) is 3. The van der Waals surface area contributed by atoms with E-state index in [9.17, 15) is 13.2 Å². The Morgan fingerprint density at radius 2 is 2.06 bits per heavy atom. The summed E-state index contributed by atoms with van der Waals surface area (Å²) in [6, 6.07) is 4.59. The normalized spacial score (nSPS) is 11.8. The molecule has 2 aromatic rings. The van der Waals surface area contributed by atoms with Gasteiger partial charge in [0, 0.05) is 0 Å². The lowest BCUT2D eigenvalue weighted by Gasteiger charge is -2.07. The monoisotopic (exact) mass is 296 g/mol. The highest BCUT2D eigenvalue weighted by Crippen LogP contribution is 2.32. The number of nitrogens with zero attached hydrogens (tertiary/aromatic N) is 1. The predicted octanol–water partition coefficient (Wildman–Crippen LogP) is 4.54. The average molecular weight is 297 g/mol. The van der Waals surface area contributed by atoms with Crippen molar-refractivity contribution in [2.75, 3.05) is 0 Å². The van der Waals surface area contributed by atoms with Gasteiger partial charge in [0.25, 0.3) is 0 Å². The SMILES string of the molecule is FC(F)(F)c1nc(=S)cc(-c2ccc(Cl)s2)[nH]1. The largest absolute Gasteiger partial charge is 0.449 e. The lowest BCUT2D eigenvalue weighted by Crippen LogP contribution is -2.11. The van der Waals surface area contributed by atoms with Crippen molar-refractivity contribution >= 4 is 35.2 Å². The Labute approximate surface area is 108 Å². The number of aromatic nitrogens is 2. The van der Waals surface area contributed by atoms with Gasteiger partial charge in [0.05, 0.1) is 14.9 Å². The zero-order valence-corrected chi connectivity index (χ0v) is 10.4. The van der Waals surface area contributed by atoms with E-state index < -0.39 is 12.0 Å². The Morgan fingerprint density at radius 1 is 1.35 bits per heavy atom. The van der Waals surface area contributed by atoms with Crippen molar-refractivity contribution in [2.45, 2.75) is 6.18 Å². The predicted molar refractivity (Wildman–Crippen MR) is 62.7 cm³/mol. The van der Waals surface area contributed by atoms with Crippen molar-refractivity contribution < 1.29 is 13.2 Å². The van der Waals surface area contributed by atoms with Crippen LogP contribution in [0.4, 0.5) is 13.2 Å². The number of thiophene rings is 1. The molecule has 0 atom stereocenters. The van der Waals surface area contributed by atoms with E-state index >= 15 is 0 Å². The first-order valence-electron chi connectivity index (χ1n) is 4.30. The number of aromatic amines is 1. The van der Waals surface area contributed by atoms with Crippen LogP contribution in [0.3, 0.4) is 0 Å². The molecular weight excluding hydrogens is 293 g/mol. The number of hydrogen-bond donors (Lipinski definition) is 1. The fraction of sp³-hybridized carbons (Fsp3) is 0.111. The van der Waals surface area contributed by atoms with Crippen molar-refractivity contribution in [3.05, 3.63) is 33.0 Å². The van der Waals surface area contributed by atoms with Gasteiger partial charge < -0.3 is 4.98 Å². The Bertz CT molecular complexity index is 603. The van der Waals surface area contributed by atoms with Gasteiger partial charge in [0.1, 0.15) is 4.64 Å². The topological polar surface area (TPSA) is 28.7 Å². The van der Waals surface area contributed by atoms with E-state index in [4.69, 9.17) is 23.8 Å². The van der Waals surface area contributed by atoms with Gasteiger partial charge in [0.15, 0.2) is 0 Å². The summed E-state index contributed by atoms with van der Waals surface area (Å²) in [7, 11) is 0. The van der Waals surface area contributed by atoms with E-state index in [-0.39, 0.29) is 10.3 Å². The summed E-state index contributed by atoms with van der Waals surface area (Å²) in [4.78, 5) is 6.02. The van der Waals surface area contributed by atoms with Crippen LogP contribution in [0.1, 0.15) is 5.82 Å². The molecule has 0 unspecified atom stereocenters. The Hall–Kier alpha value is -0.920. The molecule has 0 aliphatic heterocycles. The Morgan fingerprint density at radius 3 is 2.59 bits per heavy atom. The standard InChI is InChI=1S/C9H4ClF3N2S2/c10-6-2-1-5(17-6)4-3-7(16)15-8(14-4)9(11,12)13/h1-3H,(H,14,15,16). The lowest BCUT2D eigenvalue weighted by atomic mass is 10.3. The number of H-pyrrole nitrogens is 1. The molecular formula is C9H4ClF3N2S2. The quantitative estimate of drug-likeness (QED) is 0.783. The fourth-order valence-electron chi connectivity index (χ4n) is 1.18. The minimum Gasteiger partial charge on any atom is -0.335 e. The van der Waals surface area contributed by atoms with E-state index in [1.807, 2.05) is 0 Å². The van der Waals surface area contributed by atoms with Gasteiger partial charge in [-0.1, -0.05) is 23.8 Å². The average Bonchev–Trinajstić information content (AvgIpc) is 2.62. The van der Waals surface area contributed by atoms with Gasteiger partial charge in [-0.15, -0.1) is 11.3 Å². The number of nitrogens with one attached hydrogen (secondary N) is 1. The van der Waals surface area contributed by atoms with Crippen LogP contribution in [-0.4, -0.2) is 9.97 Å². The van der Waals surface area contributed by atoms with Crippen molar-refractivity contribution in [3.63, 3.8) is 0 Å². The molecule has 0 fully saturated rings. The molecule has 0 saturated carbocycles. The molecule has 2 rings (SSSR count). The molecule has 17 heavy (non-hydrogen) atoms. The summed E-state index contributed by atoms with van der Waals surface area (Å²) in [6.45, 7) is 0. The molecule has 0 spiro atoms. The highest BCUT2D eigenvalue weighted by Gasteiger charge is 2.34. The molecule has 2 nitrogen and oxygen atoms in total. The zero-order chi connectivity index (χ0) is 12.6. The fourth-order valence-corrected chi connectivity index (χ4v) is 2.41. The van der Waals surface area contributed by atoms with E-state index in [1.165, 1.54) is 6.07 Å². The molecule has 2 heterocycles. The molecule has 0 bridgehead atoms. The Balaban J connectivity index is 2.57. The van der Waals surface area contributed by atoms with E-state index in [1.54, 1.807) is 12.1 Å². The number of alkyl halides is 3. The number of halogens is 4. The van der Waals surface area contributed by atoms with Crippen LogP contribution in [-0.2, 0) is 6.18 Å². The molecule has 0 aromatic carbocycles. The second-order valence-electron chi connectivity index (χ2n) is 3.08. The lowest BCUT2D eigenvalue weighted by molar-refractivity contribution is -0.144. The summed E-state index contributed by atoms with van der Waals surface area (Å²) in [6.07, 6.45) is -4.55. The molecule has 90 valence electrons. The summed E-state index contributed by atoms with van der Waals surface area (Å²) in [5, 5.41) is 0. The summed E-state index contributed by atoms with van der Waals surface area (Å²) in [5.41, 5.74) is 0.259. The van der Waals surface area contributed by atoms with Crippen LogP contribution in [0, 0.1) is 4.64 Å². The second kappa shape index (κ2) is 4.40. The van der Waals surface area contributed by atoms with Gasteiger partial charge in [0.2, 0.25) is 5.82 Å². The van der Waals surface area contributed by atoms with Gasteiger partial charge in [-0.25, -0.2) is 4.98 Å². The molecule has 1 N–H and O–H groups in total. The van der Waals surface area contributed by atoms with Gasteiger partial charge in [-0.3, -0.25) is 0 Å². The van der Waals surface area contributed by atoms with Crippen LogP contribution in [0.25, 0.3) is 10.6 Å². The zero-order valence-electron chi connectivity index (χ0n) is 8.01. The first-order valence-corrected chi connectivity index (χ1v) is 5.91. The first kappa shape index (κ1) is 12.5. The van der Waals surface area contributed by atoms with Gasteiger partial charge >= 0.3 is 6.18 Å². The smallest absolute Gasteiger partial charge is 0.335 e. The second-order valence-corrected chi connectivity index (χ2v) is 5.22. The maximum absolute atomic E-state index is 12.5. The van der Waals surface area contributed by atoms with E-state index in [0.29, 0.717) is 9.21 Å². The van der Waals surface area contributed by atoms with Crippen molar-refractivity contribution in [2.24, 2.45) is 0 Å². The minimum atomic E-state index is -4.55. The summed E-state index contributed by atoms with van der Waals surface area (Å²) in [5.74, 6) is -1.11. The molecule has 0 saturated heterocycles. The Kier molecular flexibility index (Phi) is 3.24. The summed E-state index contributed by atoms with van der Waals surface area (Å²) >= 11 is 11.6. The van der Waals surface area contributed by atoms with Crippen LogP contribution < -0.4 is 0 Å². The summed E-state index contributed by atoms with van der Waals surface area (Å²) < 4.78 is 37.9. The maximum atomic E-state index is 12.5. The van der Waals surface area contributed by atoms with Crippen molar-refractivity contribution in [3.8, 4) is 10.6 Å². The van der Waals surface area contributed by atoms with Crippen molar-refractivity contribution in [1.29, 1.82) is 0 Å². The van der Waals surface area contributed by atoms with Gasteiger partial charge in [-0.05, 0) is 18.2 Å². The van der Waals surface area contributed by atoms with Crippen LogP contribution in [0.2, 0.25) is 4.34 Å². The van der Waals surface area contributed by atoms with Crippen LogP contribution in [0.15, 0.2) is 18.2 Å². The van der Waals surface area contributed by atoms with Crippen LogP contribution in [0.5, 0.6) is 0 Å². The molecule has 2 aromatic heterocycles. The molecule has 0 amide bonds. The van der Waals surface area contributed by atoms with Crippen LogP contribution >= 0.6 is 35.2 Å². The third kappa shape index (κ3) is 2.85. The van der Waals surface area contributed by atoms with Gasteiger partial charge in [-0.2, -0.15) is 13.2 Å². The first-order chi connectivity index (χ1) is 7.86. The highest BCUT2D eigenvalue weighted by molar-refractivity contribution is 7.71. The van der Waals surface area contributed by atoms with Crippen molar-refractivity contribution in [1.82, 2.24) is 9.97 Å². The molecule has 0 aliphatic rings. The molecule has 0 radical (unpaired) electrons. The third-order valence-corrected chi connectivity index (χ3v) is 3.32.